The molecule has 1 rings (SSSR count). The average molecular weight is 180 g/mol. The molecule has 0 amide bonds. The van der Waals surface area contributed by atoms with E-state index in [1.54, 1.807) is 12.2 Å². The van der Waals surface area contributed by atoms with Crippen molar-refractivity contribution in [2.45, 2.75) is 0 Å². The third kappa shape index (κ3) is 2.33. The first kappa shape index (κ1) is 9.77. The van der Waals surface area contributed by atoms with Crippen molar-refractivity contribution in [2.75, 3.05) is 0 Å². The summed E-state index contributed by atoms with van der Waals surface area (Å²) in [5, 5.41) is 17.1. The van der Waals surface area contributed by atoms with E-state index in [1.807, 2.05) is 36.4 Å². The maximum Gasteiger partial charge on any atom is 0.130 e. The van der Waals surface area contributed by atoms with Crippen molar-refractivity contribution in [3.05, 3.63) is 47.5 Å². The molecule has 0 saturated carbocycles. The van der Waals surface area contributed by atoms with Crippen molar-refractivity contribution in [1.82, 2.24) is 0 Å². The minimum absolute atomic E-state index is 0.103. The second-order valence-electron chi connectivity index (χ2n) is 2.66. The highest BCUT2D eigenvalue weighted by atomic mass is 14.3. The molecule has 0 fully saturated rings. The van der Waals surface area contributed by atoms with Crippen LogP contribution in [0.2, 0.25) is 0 Å². The molecular formula is C12H8N2. The lowest BCUT2D eigenvalue weighted by atomic mass is 10.1. The Morgan fingerprint density at radius 3 is 2.43 bits per heavy atom. The van der Waals surface area contributed by atoms with Crippen LogP contribution in [0.4, 0.5) is 0 Å². The monoisotopic (exact) mass is 180 g/mol. The highest BCUT2D eigenvalue weighted by Crippen LogP contribution is 2.10. The Morgan fingerprint density at radius 1 is 1.21 bits per heavy atom. The number of benzene rings is 1. The van der Waals surface area contributed by atoms with E-state index in [0.717, 1.165) is 11.1 Å². The van der Waals surface area contributed by atoms with Crippen LogP contribution in [0.25, 0.3) is 12.2 Å². The van der Waals surface area contributed by atoms with Crippen molar-refractivity contribution in [3.8, 4) is 12.1 Å². The van der Waals surface area contributed by atoms with E-state index >= 15 is 0 Å². The predicted octanol–water partition coefficient (Wildman–Crippen LogP) is 2.76. The Bertz CT molecular complexity index is 440. The topological polar surface area (TPSA) is 47.6 Å². The number of rotatable bonds is 2. The third-order valence-corrected chi connectivity index (χ3v) is 1.70. The first-order chi connectivity index (χ1) is 6.80. The van der Waals surface area contributed by atoms with Crippen molar-refractivity contribution in [3.63, 3.8) is 0 Å². The van der Waals surface area contributed by atoms with Gasteiger partial charge in [0.2, 0.25) is 0 Å². The summed E-state index contributed by atoms with van der Waals surface area (Å²) >= 11 is 0. The Hall–Kier alpha value is -2.32. The van der Waals surface area contributed by atoms with Crippen molar-refractivity contribution in [1.29, 1.82) is 10.5 Å². The van der Waals surface area contributed by atoms with E-state index in [4.69, 9.17) is 10.5 Å². The Kier molecular flexibility index (Phi) is 3.24. The highest BCUT2D eigenvalue weighted by Gasteiger charge is 1.94. The van der Waals surface area contributed by atoms with E-state index in [0.29, 0.717) is 0 Å². The van der Waals surface area contributed by atoms with Gasteiger partial charge in [-0.3, -0.25) is 0 Å². The second kappa shape index (κ2) is 4.64. The van der Waals surface area contributed by atoms with Crippen molar-refractivity contribution < 1.29 is 0 Å². The zero-order chi connectivity index (χ0) is 10.4. The van der Waals surface area contributed by atoms with Crippen LogP contribution in [0.1, 0.15) is 11.1 Å². The Labute approximate surface area is 83.0 Å². The second-order valence-corrected chi connectivity index (χ2v) is 2.66. The van der Waals surface area contributed by atoms with Crippen LogP contribution in [-0.4, -0.2) is 0 Å². The molecule has 0 aliphatic rings. The van der Waals surface area contributed by atoms with Gasteiger partial charge in [-0.1, -0.05) is 30.9 Å². The Morgan fingerprint density at radius 2 is 1.86 bits per heavy atom. The van der Waals surface area contributed by atoms with E-state index in [2.05, 4.69) is 6.58 Å². The molecule has 0 bridgehead atoms. The summed E-state index contributed by atoms with van der Waals surface area (Å²) < 4.78 is 0. The van der Waals surface area contributed by atoms with Gasteiger partial charge in [0.1, 0.15) is 17.7 Å². The largest absolute Gasteiger partial charge is 0.192 e. The number of hydrogen-bond donors (Lipinski definition) is 0. The van der Waals surface area contributed by atoms with Gasteiger partial charge in [-0.25, -0.2) is 0 Å². The third-order valence-electron chi connectivity index (χ3n) is 1.70. The maximum atomic E-state index is 8.55. The molecule has 14 heavy (non-hydrogen) atoms. The molecule has 0 spiro atoms. The van der Waals surface area contributed by atoms with Crippen LogP contribution < -0.4 is 0 Å². The van der Waals surface area contributed by atoms with E-state index in [1.165, 1.54) is 0 Å². The van der Waals surface area contributed by atoms with Crippen LogP contribution in [0.3, 0.4) is 0 Å². The molecule has 1 aromatic rings. The summed E-state index contributed by atoms with van der Waals surface area (Å²) in [6.45, 7) is 3.64. The van der Waals surface area contributed by atoms with Crippen molar-refractivity contribution >= 4 is 12.2 Å². The fraction of sp³-hybridized carbons (Fsp3) is 0. The van der Waals surface area contributed by atoms with Gasteiger partial charge in [0.15, 0.2) is 0 Å². The molecule has 0 atom stereocenters. The molecule has 2 heteroatoms. The molecule has 0 N–H and O–H groups in total. The summed E-state index contributed by atoms with van der Waals surface area (Å²) in [5.41, 5.74) is 1.90. The lowest BCUT2D eigenvalue weighted by Gasteiger charge is -1.95. The van der Waals surface area contributed by atoms with Gasteiger partial charge in [-0.15, -0.1) is 0 Å². The first-order valence-electron chi connectivity index (χ1n) is 4.04. The Balaban J connectivity index is 3.11. The van der Waals surface area contributed by atoms with Gasteiger partial charge in [0.05, 0.1) is 0 Å². The minimum Gasteiger partial charge on any atom is -0.192 e. The minimum atomic E-state index is 0.103. The summed E-state index contributed by atoms with van der Waals surface area (Å²) in [7, 11) is 0. The molecule has 0 heterocycles. The SMILES string of the molecule is C=Cc1cccc(C=C(C#N)C#N)c1. The van der Waals surface area contributed by atoms with Gasteiger partial charge < -0.3 is 0 Å². The summed E-state index contributed by atoms with van der Waals surface area (Å²) in [5.74, 6) is 0. The van der Waals surface area contributed by atoms with Gasteiger partial charge in [0.25, 0.3) is 0 Å². The van der Waals surface area contributed by atoms with Crippen LogP contribution in [0, 0.1) is 22.7 Å². The molecule has 0 unspecified atom stereocenters. The van der Waals surface area contributed by atoms with Gasteiger partial charge in [0, 0.05) is 0 Å². The fourth-order valence-corrected chi connectivity index (χ4v) is 1.03. The van der Waals surface area contributed by atoms with Gasteiger partial charge in [-0.2, -0.15) is 10.5 Å². The molecule has 66 valence electrons. The van der Waals surface area contributed by atoms with Gasteiger partial charge >= 0.3 is 0 Å². The number of allylic oxidation sites excluding steroid dienone is 1. The summed E-state index contributed by atoms with van der Waals surface area (Å²) in [6.07, 6.45) is 3.27. The number of nitrogens with zero attached hydrogens (tertiary/aromatic N) is 2. The number of hydrogen-bond acceptors (Lipinski definition) is 2. The molecule has 1 aromatic carbocycles. The lowest BCUT2D eigenvalue weighted by Crippen LogP contribution is -1.77. The molecule has 0 aliphatic carbocycles. The van der Waals surface area contributed by atoms with Crippen LogP contribution in [-0.2, 0) is 0 Å². The van der Waals surface area contributed by atoms with Gasteiger partial charge in [-0.05, 0) is 23.3 Å². The normalized spacial score (nSPS) is 8.14. The summed E-state index contributed by atoms with van der Waals surface area (Å²) in [6, 6.07) is 11.1. The molecule has 0 aliphatic heterocycles. The maximum absolute atomic E-state index is 8.55. The van der Waals surface area contributed by atoms with Crippen LogP contribution >= 0.6 is 0 Å². The van der Waals surface area contributed by atoms with Crippen LogP contribution in [0.5, 0.6) is 0 Å². The molecule has 0 saturated heterocycles. The molecule has 0 aromatic heterocycles. The number of nitriles is 2. The lowest BCUT2D eigenvalue weighted by molar-refractivity contribution is 1.47. The van der Waals surface area contributed by atoms with Crippen molar-refractivity contribution in [2.24, 2.45) is 0 Å². The summed E-state index contributed by atoms with van der Waals surface area (Å²) in [4.78, 5) is 0. The van der Waals surface area contributed by atoms with E-state index in [-0.39, 0.29) is 5.57 Å². The first-order valence-corrected chi connectivity index (χ1v) is 4.04. The standard InChI is InChI=1S/C12H8N2/c1-2-10-4-3-5-11(6-10)7-12(8-13)9-14/h2-7H,1H2. The van der Waals surface area contributed by atoms with E-state index in [9.17, 15) is 0 Å². The van der Waals surface area contributed by atoms with E-state index < -0.39 is 0 Å². The predicted molar refractivity (Wildman–Crippen MR) is 55.7 cm³/mol. The fourth-order valence-electron chi connectivity index (χ4n) is 1.03. The zero-order valence-corrected chi connectivity index (χ0v) is 7.57. The zero-order valence-electron chi connectivity index (χ0n) is 7.57. The molecule has 2 nitrogen and oxygen atoms in total. The quantitative estimate of drug-likeness (QED) is 0.657. The molecular weight excluding hydrogens is 172 g/mol. The smallest absolute Gasteiger partial charge is 0.130 e. The van der Waals surface area contributed by atoms with Crippen LogP contribution in [0.15, 0.2) is 36.4 Å². The molecule has 0 radical (unpaired) electrons. The highest BCUT2D eigenvalue weighted by molar-refractivity contribution is 5.64. The average Bonchev–Trinajstić information content (AvgIpc) is 2.26.